The standard InChI is InChI=1S/C8H11Cl5N3OP3/c9-18(10)14-19(11,12)16-20(13,15-18)17-5-8-4-6-1-2-7(8)3-6/h1-2,6-8H,3-5H2. The largest absolute Gasteiger partial charge is 0.315 e. The van der Waals surface area contributed by atoms with E-state index in [1.54, 1.807) is 0 Å². The van der Waals surface area contributed by atoms with Gasteiger partial charge in [-0.05, 0) is 86.8 Å². The van der Waals surface area contributed by atoms with Gasteiger partial charge in [-0.1, -0.05) is 12.2 Å². The van der Waals surface area contributed by atoms with Gasteiger partial charge in [-0.25, -0.2) is 0 Å². The molecule has 0 aromatic rings. The van der Waals surface area contributed by atoms with Crippen molar-refractivity contribution in [3.05, 3.63) is 12.2 Å². The first-order valence-corrected chi connectivity index (χ1v) is 15.4. The molecule has 3 rings (SSSR count). The lowest BCUT2D eigenvalue weighted by molar-refractivity contribution is 0.249. The minimum Gasteiger partial charge on any atom is -0.315 e. The number of hydrogen-bond acceptors (Lipinski definition) is 4. The maximum Gasteiger partial charge on any atom is 0.299 e. The number of hydrogen-bond donors (Lipinski definition) is 0. The summed E-state index contributed by atoms with van der Waals surface area (Å²) in [5.41, 5.74) is 0. The smallest absolute Gasteiger partial charge is 0.299 e. The van der Waals surface area contributed by atoms with Gasteiger partial charge >= 0.3 is 0 Å². The molecule has 1 aliphatic heterocycles. The van der Waals surface area contributed by atoms with E-state index in [1.807, 2.05) is 0 Å². The lowest BCUT2D eigenvalue weighted by Gasteiger charge is -2.24. The Hall–Kier alpha value is 1.84. The van der Waals surface area contributed by atoms with Crippen molar-refractivity contribution < 1.29 is 4.52 Å². The van der Waals surface area contributed by atoms with E-state index in [-0.39, 0.29) is 0 Å². The van der Waals surface area contributed by atoms with E-state index in [0.717, 1.165) is 6.42 Å². The van der Waals surface area contributed by atoms with Crippen LogP contribution in [0.25, 0.3) is 0 Å². The van der Waals surface area contributed by atoms with Crippen molar-refractivity contribution in [1.82, 2.24) is 0 Å². The molecular formula is C8H11Cl5N3OP3. The molecule has 1 saturated carbocycles. The van der Waals surface area contributed by atoms with Crippen molar-refractivity contribution in [1.29, 1.82) is 0 Å². The van der Waals surface area contributed by atoms with Crippen molar-refractivity contribution in [3.63, 3.8) is 0 Å². The first-order chi connectivity index (χ1) is 9.17. The van der Waals surface area contributed by atoms with Gasteiger partial charge in [-0.15, -0.1) is 0 Å². The van der Waals surface area contributed by atoms with Gasteiger partial charge in [-0.2, -0.15) is 13.5 Å². The van der Waals surface area contributed by atoms with E-state index in [2.05, 4.69) is 25.7 Å². The van der Waals surface area contributed by atoms with E-state index in [9.17, 15) is 0 Å². The van der Waals surface area contributed by atoms with Crippen LogP contribution in [0.4, 0.5) is 0 Å². The molecule has 2 bridgehead atoms. The molecule has 0 spiro atoms. The normalized spacial score (nSPS) is 43.8. The molecule has 1 heterocycles. The molecule has 12 heteroatoms. The zero-order valence-electron chi connectivity index (χ0n) is 9.99. The second-order valence-corrected chi connectivity index (χ2v) is 18.2. The highest BCUT2D eigenvalue weighted by molar-refractivity contribution is 8.22. The van der Waals surface area contributed by atoms with Gasteiger partial charge in [-0.3, -0.25) is 0 Å². The van der Waals surface area contributed by atoms with E-state index >= 15 is 0 Å². The highest BCUT2D eigenvalue weighted by Crippen LogP contribution is 2.86. The summed E-state index contributed by atoms with van der Waals surface area (Å²) in [5.74, 6) is -4.33. The average Bonchev–Trinajstić information content (AvgIpc) is 2.82. The van der Waals surface area contributed by atoms with E-state index < -0.39 is 18.6 Å². The highest BCUT2D eigenvalue weighted by atomic mass is 35.9. The summed E-state index contributed by atoms with van der Waals surface area (Å²) in [5, 5.41) is 0. The predicted octanol–water partition coefficient (Wildman–Crippen LogP) is 8.26. The van der Waals surface area contributed by atoms with Crippen LogP contribution in [0.1, 0.15) is 12.8 Å². The van der Waals surface area contributed by atoms with Gasteiger partial charge in [0.15, 0.2) is 0 Å². The number of fused-ring (bicyclic) bond motifs is 2. The first-order valence-electron chi connectivity index (χ1n) is 5.89. The number of halogens is 5. The van der Waals surface area contributed by atoms with Gasteiger partial charge in [0.2, 0.25) is 0 Å². The maximum absolute atomic E-state index is 6.32. The Morgan fingerprint density at radius 3 is 2.20 bits per heavy atom. The quantitative estimate of drug-likeness (QED) is 0.325. The van der Waals surface area contributed by atoms with Crippen LogP contribution in [0.3, 0.4) is 0 Å². The minimum atomic E-state index is -3.01. The molecule has 3 aliphatic rings. The number of rotatable bonds is 3. The van der Waals surface area contributed by atoms with Crippen LogP contribution in [0.5, 0.6) is 0 Å². The Bertz CT molecular complexity index is 615. The third kappa shape index (κ3) is 3.84. The van der Waals surface area contributed by atoms with Crippen molar-refractivity contribution >= 4 is 74.8 Å². The Labute approximate surface area is 141 Å². The van der Waals surface area contributed by atoms with Gasteiger partial charge in [0.1, 0.15) is 0 Å². The second-order valence-electron chi connectivity index (χ2n) is 4.99. The number of allylic oxidation sites excluding steroid dienone is 2. The SMILES string of the molecule is ClP1(Cl)=NP(Cl)(Cl)=NP(Cl)(OCC2CC3C=CC2C3)=N1. The Balaban J connectivity index is 1.77. The molecule has 4 unspecified atom stereocenters. The number of nitrogens with zero attached hydrogens (tertiary/aromatic N) is 3. The summed E-state index contributed by atoms with van der Waals surface area (Å²) in [7, 11) is 0. The summed E-state index contributed by atoms with van der Waals surface area (Å²) in [6.45, 7) is -2.54. The lowest BCUT2D eigenvalue weighted by Crippen LogP contribution is -2.12. The summed E-state index contributed by atoms with van der Waals surface area (Å²) in [4.78, 5) is 0. The molecule has 4 nitrogen and oxygen atoms in total. The van der Waals surface area contributed by atoms with Crippen LogP contribution < -0.4 is 0 Å². The van der Waals surface area contributed by atoms with Gasteiger partial charge in [0.25, 0.3) is 18.6 Å². The monoisotopic (exact) mass is 433 g/mol. The van der Waals surface area contributed by atoms with Crippen LogP contribution in [-0.4, -0.2) is 6.61 Å². The fourth-order valence-electron chi connectivity index (χ4n) is 2.78. The van der Waals surface area contributed by atoms with Gasteiger partial charge in [0, 0.05) is 0 Å². The highest BCUT2D eigenvalue weighted by Gasteiger charge is 2.38. The molecule has 20 heavy (non-hydrogen) atoms. The zero-order valence-corrected chi connectivity index (χ0v) is 16.5. The summed E-state index contributed by atoms with van der Waals surface area (Å²) in [6, 6.07) is 0. The molecule has 2 aliphatic carbocycles. The van der Waals surface area contributed by atoms with Crippen LogP contribution in [0.2, 0.25) is 0 Å². The van der Waals surface area contributed by atoms with E-state index in [0.29, 0.717) is 24.4 Å². The second kappa shape index (κ2) is 5.73. The third-order valence-corrected chi connectivity index (χ3v) is 15.6. The topological polar surface area (TPSA) is 46.3 Å². The van der Waals surface area contributed by atoms with Crippen LogP contribution >= 0.6 is 74.8 Å². The first kappa shape index (κ1) is 16.7. The molecule has 114 valence electrons. The zero-order chi connectivity index (χ0) is 14.6. The maximum atomic E-state index is 6.32. The van der Waals surface area contributed by atoms with Crippen LogP contribution in [-0.2, 0) is 4.52 Å². The molecule has 0 aromatic carbocycles. The third-order valence-electron chi connectivity index (χ3n) is 3.52. The van der Waals surface area contributed by atoms with Crippen LogP contribution in [0, 0.1) is 17.8 Å². The van der Waals surface area contributed by atoms with Gasteiger partial charge < -0.3 is 4.52 Å². The van der Waals surface area contributed by atoms with Crippen molar-refractivity contribution in [2.75, 3.05) is 6.61 Å². The molecule has 0 aromatic heterocycles. The van der Waals surface area contributed by atoms with Crippen molar-refractivity contribution in [2.45, 2.75) is 12.8 Å². The summed E-state index contributed by atoms with van der Waals surface area (Å²) >= 11 is 30.3. The molecule has 4 atom stereocenters. The van der Waals surface area contributed by atoms with Crippen molar-refractivity contribution in [3.8, 4) is 0 Å². The predicted molar refractivity (Wildman–Crippen MR) is 92.1 cm³/mol. The fraction of sp³-hybridized carbons (Fsp3) is 0.750. The van der Waals surface area contributed by atoms with Crippen molar-refractivity contribution in [2.24, 2.45) is 31.3 Å². The lowest BCUT2D eigenvalue weighted by atomic mass is 9.95. The summed E-state index contributed by atoms with van der Waals surface area (Å²) in [6.07, 6.45) is 6.80. The molecular weight excluding hydrogens is 424 g/mol. The summed E-state index contributed by atoms with van der Waals surface area (Å²) < 4.78 is 17.7. The van der Waals surface area contributed by atoms with E-state index in [4.69, 9.17) is 60.7 Å². The van der Waals surface area contributed by atoms with Crippen LogP contribution in [0.15, 0.2) is 25.7 Å². The Morgan fingerprint density at radius 2 is 1.65 bits per heavy atom. The molecule has 0 amide bonds. The minimum absolute atomic E-state index is 0.432. The Morgan fingerprint density at radius 1 is 0.950 bits per heavy atom. The van der Waals surface area contributed by atoms with E-state index in [1.165, 1.54) is 6.42 Å². The molecule has 1 fully saturated rings. The molecule has 0 N–H and O–H groups in total. The Kier molecular flexibility index (Phi) is 4.78. The fourth-order valence-corrected chi connectivity index (χ4v) is 19.4. The van der Waals surface area contributed by atoms with Gasteiger partial charge in [0.05, 0.1) is 6.61 Å². The average molecular weight is 435 g/mol. The molecule has 0 saturated heterocycles. The molecule has 0 radical (unpaired) electrons.